The highest BCUT2D eigenvalue weighted by Crippen LogP contribution is 2.47. The number of hydrogen-bond donors (Lipinski definition) is 2. The summed E-state index contributed by atoms with van der Waals surface area (Å²) in [6.07, 6.45) is 3.45. The summed E-state index contributed by atoms with van der Waals surface area (Å²) in [5.74, 6) is 3.13. The van der Waals surface area contributed by atoms with Crippen LogP contribution in [0.15, 0.2) is 194 Å². The van der Waals surface area contributed by atoms with Gasteiger partial charge < -0.3 is 20.9 Å². The largest absolute Gasteiger partial charge is 0.457 e. The highest BCUT2D eigenvalue weighted by atomic mass is 16.5. The molecule has 0 aliphatic heterocycles. The Labute approximate surface area is 362 Å². The zero-order valence-corrected chi connectivity index (χ0v) is 34.3. The Bertz CT molecular complexity index is 2880. The Hall–Kier alpha value is -7.82. The minimum absolute atomic E-state index is 0.718. The Balaban J connectivity index is 0.940. The minimum atomic E-state index is 0.718. The highest BCUT2D eigenvalue weighted by Gasteiger charge is 2.26. The number of ether oxygens (including phenoxy) is 2. The van der Waals surface area contributed by atoms with Crippen molar-refractivity contribution in [3.8, 4) is 67.5 Å². The van der Waals surface area contributed by atoms with Gasteiger partial charge in [0.15, 0.2) is 0 Å². The second kappa shape index (κ2) is 15.7. The summed E-state index contributed by atoms with van der Waals surface area (Å²) in [6.45, 7) is 0. The van der Waals surface area contributed by atoms with Crippen molar-refractivity contribution < 1.29 is 9.47 Å². The molecular formula is C58H44N2O2. The van der Waals surface area contributed by atoms with E-state index in [1.165, 1.54) is 89.0 Å². The topological polar surface area (TPSA) is 70.5 Å². The van der Waals surface area contributed by atoms with Crippen LogP contribution in [-0.2, 0) is 25.7 Å². The van der Waals surface area contributed by atoms with Crippen LogP contribution >= 0.6 is 0 Å². The van der Waals surface area contributed by atoms with Gasteiger partial charge in [0, 0.05) is 11.4 Å². The van der Waals surface area contributed by atoms with Crippen molar-refractivity contribution in [3.63, 3.8) is 0 Å². The van der Waals surface area contributed by atoms with E-state index in [0.717, 1.165) is 60.1 Å². The summed E-state index contributed by atoms with van der Waals surface area (Å²) >= 11 is 0. The van der Waals surface area contributed by atoms with Crippen LogP contribution in [0.25, 0.3) is 44.5 Å². The molecule has 4 N–H and O–H groups in total. The third kappa shape index (κ3) is 7.16. The first-order valence-corrected chi connectivity index (χ1v) is 21.3. The van der Waals surface area contributed by atoms with Gasteiger partial charge in [-0.25, -0.2) is 0 Å². The van der Waals surface area contributed by atoms with E-state index in [9.17, 15) is 0 Å². The first-order valence-electron chi connectivity index (χ1n) is 21.3. The summed E-state index contributed by atoms with van der Waals surface area (Å²) in [5.41, 5.74) is 34.4. The number of anilines is 2. The predicted octanol–water partition coefficient (Wildman–Crippen LogP) is 14.1. The van der Waals surface area contributed by atoms with Crippen LogP contribution in [0, 0.1) is 0 Å². The van der Waals surface area contributed by atoms with E-state index in [1.54, 1.807) is 0 Å². The van der Waals surface area contributed by atoms with Gasteiger partial charge in [0.05, 0.1) is 0 Å². The summed E-state index contributed by atoms with van der Waals surface area (Å²) in [6, 6.07) is 68.4. The third-order valence-corrected chi connectivity index (χ3v) is 12.5. The molecule has 4 heteroatoms. The van der Waals surface area contributed by atoms with Crippen LogP contribution in [0.4, 0.5) is 11.4 Å². The quantitative estimate of drug-likeness (QED) is 0.135. The lowest BCUT2D eigenvalue weighted by atomic mass is 9.85. The molecule has 0 bridgehead atoms. The van der Waals surface area contributed by atoms with Gasteiger partial charge in [-0.15, -0.1) is 0 Å². The van der Waals surface area contributed by atoms with Crippen molar-refractivity contribution in [2.24, 2.45) is 0 Å². The molecule has 0 heterocycles. The summed E-state index contributed by atoms with van der Waals surface area (Å²) in [5, 5.41) is 0. The lowest BCUT2D eigenvalue weighted by molar-refractivity contribution is 0.482. The van der Waals surface area contributed by atoms with Crippen molar-refractivity contribution in [3.05, 3.63) is 239 Å². The van der Waals surface area contributed by atoms with Crippen LogP contribution in [0.2, 0.25) is 0 Å². The molecule has 0 saturated carbocycles. The van der Waals surface area contributed by atoms with Crippen molar-refractivity contribution in [2.45, 2.75) is 25.7 Å². The molecule has 62 heavy (non-hydrogen) atoms. The van der Waals surface area contributed by atoms with Crippen molar-refractivity contribution >= 4 is 11.4 Å². The highest BCUT2D eigenvalue weighted by molar-refractivity contribution is 5.89. The Morgan fingerprint density at radius 1 is 0.339 bits per heavy atom. The summed E-state index contributed by atoms with van der Waals surface area (Å²) in [4.78, 5) is 0. The lowest BCUT2D eigenvalue weighted by Crippen LogP contribution is -1.99. The van der Waals surface area contributed by atoms with Crippen LogP contribution in [-0.4, -0.2) is 0 Å². The molecule has 0 atom stereocenters. The van der Waals surface area contributed by atoms with Gasteiger partial charge in [-0.3, -0.25) is 0 Å². The summed E-state index contributed by atoms with van der Waals surface area (Å²) in [7, 11) is 0. The third-order valence-electron chi connectivity index (χ3n) is 12.5. The normalized spacial score (nSPS) is 12.0. The van der Waals surface area contributed by atoms with Gasteiger partial charge in [0.1, 0.15) is 23.0 Å². The van der Waals surface area contributed by atoms with Crippen LogP contribution in [0.5, 0.6) is 23.0 Å². The monoisotopic (exact) mass is 800 g/mol. The average molecular weight is 801 g/mol. The fraction of sp³-hybridized carbons (Fsp3) is 0.0690. The maximum Gasteiger partial charge on any atom is 0.127 e. The number of nitrogen functional groups attached to an aromatic ring is 2. The van der Waals surface area contributed by atoms with E-state index in [1.807, 2.05) is 48.5 Å². The van der Waals surface area contributed by atoms with Gasteiger partial charge in [-0.1, -0.05) is 121 Å². The second-order valence-corrected chi connectivity index (χ2v) is 16.5. The second-order valence-electron chi connectivity index (χ2n) is 16.5. The molecule has 9 aromatic carbocycles. The Morgan fingerprint density at radius 2 is 0.694 bits per heavy atom. The molecule has 0 aromatic heterocycles. The maximum atomic E-state index is 6.13. The lowest BCUT2D eigenvalue weighted by Gasteiger charge is -2.19. The molecule has 2 aliphatic rings. The first kappa shape index (κ1) is 37.2. The van der Waals surface area contributed by atoms with Gasteiger partial charge in [0.25, 0.3) is 0 Å². The Kier molecular flexibility index (Phi) is 9.39. The molecule has 2 aliphatic carbocycles. The van der Waals surface area contributed by atoms with E-state index in [2.05, 4.69) is 146 Å². The van der Waals surface area contributed by atoms with E-state index in [4.69, 9.17) is 20.9 Å². The molecule has 0 amide bonds. The van der Waals surface area contributed by atoms with E-state index in [0.29, 0.717) is 0 Å². The maximum absolute atomic E-state index is 6.13. The number of rotatable bonds is 10. The standard InChI is InChI=1S/C58H44N2O2/c59-45-19-27-49(28-20-45)61-47-23-9-37(10-24-47)33-43-17-31-53-51-7-3-1-5-41(51)35-55(53)57(43)39-13-15-40(16-14-39)58-44(18-32-54-52-8-4-2-6-42(52)36-56(54)58)34-38-11-25-48(26-12-38)62-50-29-21-46(60)22-30-50/h1-32H,33-36,59-60H2. The average Bonchev–Trinajstić information content (AvgIpc) is 3.88. The van der Waals surface area contributed by atoms with E-state index < -0.39 is 0 Å². The van der Waals surface area contributed by atoms with Gasteiger partial charge in [-0.2, -0.15) is 0 Å². The van der Waals surface area contributed by atoms with Crippen LogP contribution in [0.3, 0.4) is 0 Å². The fourth-order valence-electron chi connectivity index (χ4n) is 9.47. The van der Waals surface area contributed by atoms with E-state index in [-0.39, 0.29) is 0 Å². The van der Waals surface area contributed by atoms with Gasteiger partial charge in [0.2, 0.25) is 0 Å². The SMILES string of the molecule is Nc1ccc(Oc2ccc(Cc3ccc4c(c3-c3ccc(-c5c(Cc6ccc(Oc7ccc(N)cc7)cc6)ccc6c5Cc5ccccc5-6)cc3)Cc3ccccc3-4)cc2)cc1. The molecule has 0 saturated heterocycles. The predicted molar refractivity (Wildman–Crippen MR) is 254 cm³/mol. The van der Waals surface area contributed by atoms with Crippen LogP contribution in [0.1, 0.15) is 44.5 Å². The number of nitrogens with two attached hydrogens (primary N) is 2. The molecule has 0 fully saturated rings. The van der Waals surface area contributed by atoms with Crippen LogP contribution < -0.4 is 20.9 Å². The van der Waals surface area contributed by atoms with Gasteiger partial charge in [-0.05, 0) is 187 Å². The minimum Gasteiger partial charge on any atom is -0.457 e. The smallest absolute Gasteiger partial charge is 0.127 e. The number of fused-ring (bicyclic) bond motifs is 6. The van der Waals surface area contributed by atoms with E-state index >= 15 is 0 Å². The molecule has 0 radical (unpaired) electrons. The molecule has 11 rings (SSSR count). The fourth-order valence-corrected chi connectivity index (χ4v) is 9.47. The van der Waals surface area contributed by atoms with Crippen molar-refractivity contribution in [1.82, 2.24) is 0 Å². The summed E-state index contributed by atoms with van der Waals surface area (Å²) < 4.78 is 12.3. The van der Waals surface area contributed by atoms with Crippen molar-refractivity contribution in [2.75, 3.05) is 11.5 Å². The number of benzene rings is 9. The molecule has 298 valence electrons. The molecular weight excluding hydrogens is 757 g/mol. The zero-order valence-electron chi connectivity index (χ0n) is 34.3. The molecule has 4 nitrogen and oxygen atoms in total. The zero-order chi connectivity index (χ0) is 41.6. The molecule has 0 spiro atoms. The first-order chi connectivity index (χ1) is 30.5. The Morgan fingerprint density at radius 3 is 1.08 bits per heavy atom. The molecule has 9 aromatic rings. The van der Waals surface area contributed by atoms with Crippen molar-refractivity contribution in [1.29, 1.82) is 0 Å². The molecule has 0 unspecified atom stereocenters. The van der Waals surface area contributed by atoms with Gasteiger partial charge >= 0.3 is 0 Å². The number of hydrogen-bond acceptors (Lipinski definition) is 4.